The molecule has 1 saturated heterocycles. The lowest BCUT2D eigenvalue weighted by Gasteiger charge is -2.22. The van der Waals surface area contributed by atoms with E-state index in [-0.39, 0.29) is 5.97 Å². The fourth-order valence-corrected chi connectivity index (χ4v) is 2.53. The third kappa shape index (κ3) is 2.16. The minimum Gasteiger partial charge on any atom is -0.459 e. The van der Waals surface area contributed by atoms with Gasteiger partial charge in [-0.1, -0.05) is 0 Å². The molecule has 1 aliphatic carbocycles. The van der Waals surface area contributed by atoms with E-state index in [1.807, 2.05) is 20.8 Å². The molecule has 4 heteroatoms. The van der Waals surface area contributed by atoms with E-state index in [1.54, 1.807) is 0 Å². The Labute approximate surface area is 90.5 Å². The number of esters is 1. The van der Waals surface area contributed by atoms with E-state index in [2.05, 4.69) is 5.32 Å². The summed E-state index contributed by atoms with van der Waals surface area (Å²) < 4.78 is 5.28. The fraction of sp³-hybridized carbons (Fsp3) is 0.909. The van der Waals surface area contributed by atoms with Crippen LogP contribution in [0.2, 0.25) is 0 Å². The molecule has 4 atom stereocenters. The van der Waals surface area contributed by atoms with Crippen LogP contribution in [0.15, 0.2) is 0 Å². The molecule has 86 valence electrons. The first-order valence-corrected chi connectivity index (χ1v) is 5.59. The van der Waals surface area contributed by atoms with Gasteiger partial charge in [0.05, 0.1) is 0 Å². The number of hydrogen-bond acceptors (Lipinski definition) is 4. The summed E-state index contributed by atoms with van der Waals surface area (Å²) in [7, 11) is 0. The first-order valence-electron chi connectivity index (χ1n) is 5.59. The number of nitrogens with one attached hydrogen (secondary N) is 1. The van der Waals surface area contributed by atoms with Crippen molar-refractivity contribution >= 4 is 5.97 Å². The van der Waals surface area contributed by atoms with Crippen LogP contribution in [0.4, 0.5) is 0 Å². The molecule has 0 amide bonds. The Morgan fingerprint density at radius 2 is 1.93 bits per heavy atom. The largest absolute Gasteiger partial charge is 0.459 e. The molecular weight excluding hydrogens is 192 g/mol. The first kappa shape index (κ1) is 10.9. The standard InChI is InChI=1S/C11H20N2O2/c1-11(2,3)15-10(14)9(12)8-6-4-13-5-7(6)8/h6-9,13H,4-5,12H2,1-3H3/t6-,7+,8?,9?. The summed E-state index contributed by atoms with van der Waals surface area (Å²) in [6.45, 7) is 7.62. The predicted molar refractivity (Wildman–Crippen MR) is 57.2 cm³/mol. The Kier molecular flexibility index (Phi) is 2.51. The van der Waals surface area contributed by atoms with Crippen molar-refractivity contribution in [1.29, 1.82) is 0 Å². The van der Waals surface area contributed by atoms with E-state index >= 15 is 0 Å². The molecule has 1 aliphatic heterocycles. The number of hydrogen-bond donors (Lipinski definition) is 2. The van der Waals surface area contributed by atoms with Crippen LogP contribution in [0.1, 0.15) is 20.8 Å². The molecule has 2 aliphatic rings. The lowest BCUT2D eigenvalue weighted by atomic mass is 10.1. The van der Waals surface area contributed by atoms with Crippen LogP contribution in [0.3, 0.4) is 0 Å². The van der Waals surface area contributed by atoms with Gasteiger partial charge >= 0.3 is 5.97 Å². The lowest BCUT2D eigenvalue weighted by molar-refractivity contribution is -0.157. The zero-order valence-electron chi connectivity index (χ0n) is 9.62. The summed E-state index contributed by atoms with van der Waals surface area (Å²) in [5.74, 6) is 1.31. The second-order valence-corrected chi connectivity index (χ2v) is 5.62. The Hall–Kier alpha value is -0.610. The van der Waals surface area contributed by atoms with Crippen LogP contribution in [-0.4, -0.2) is 30.7 Å². The summed E-state index contributed by atoms with van der Waals surface area (Å²) in [6.07, 6.45) is 0. The summed E-state index contributed by atoms with van der Waals surface area (Å²) in [4.78, 5) is 11.7. The Morgan fingerprint density at radius 3 is 2.40 bits per heavy atom. The van der Waals surface area contributed by atoms with E-state index in [0.29, 0.717) is 17.8 Å². The van der Waals surface area contributed by atoms with Gasteiger partial charge in [0.25, 0.3) is 0 Å². The van der Waals surface area contributed by atoms with Crippen molar-refractivity contribution in [3.63, 3.8) is 0 Å². The van der Waals surface area contributed by atoms with Crippen molar-refractivity contribution in [2.24, 2.45) is 23.5 Å². The maximum Gasteiger partial charge on any atom is 0.323 e. The van der Waals surface area contributed by atoms with Crippen molar-refractivity contribution in [1.82, 2.24) is 5.32 Å². The number of ether oxygens (including phenoxy) is 1. The lowest BCUT2D eigenvalue weighted by Crippen LogP contribution is -2.41. The van der Waals surface area contributed by atoms with Crippen LogP contribution in [0.25, 0.3) is 0 Å². The zero-order valence-corrected chi connectivity index (χ0v) is 9.62. The zero-order chi connectivity index (χ0) is 11.2. The predicted octanol–water partition coefficient (Wildman–Crippen LogP) is 0.121. The van der Waals surface area contributed by atoms with Gasteiger partial charge in [-0.15, -0.1) is 0 Å². The quantitative estimate of drug-likeness (QED) is 0.638. The number of rotatable bonds is 2. The minimum absolute atomic E-state index is 0.248. The van der Waals surface area contributed by atoms with Gasteiger partial charge in [-0.05, 0) is 51.6 Å². The van der Waals surface area contributed by atoms with Crippen molar-refractivity contribution in [3.05, 3.63) is 0 Å². The molecule has 3 N–H and O–H groups in total. The third-order valence-electron chi connectivity index (χ3n) is 3.25. The number of nitrogens with two attached hydrogens (primary N) is 1. The van der Waals surface area contributed by atoms with Gasteiger partial charge in [0, 0.05) is 0 Å². The Balaban J connectivity index is 1.87. The molecule has 15 heavy (non-hydrogen) atoms. The molecule has 2 unspecified atom stereocenters. The van der Waals surface area contributed by atoms with Crippen molar-refractivity contribution in [2.45, 2.75) is 32.4 Å². The molecule has 0 bridgehead atoms. The maximum absolute atomic E-state index is 11.7. The second-order valence-electron chi connectivity index (χ2n) is 5.62. The van der Waals surface area contributed by atoms with Gasteiger partial charge in [-0.3, -0.25) is 4.79 Å². The average Bonchev–Trinajstić information content (AvgIpc) is 2.54. The normalized spacial score (nSPS) is 35.9. The Morgan fingerprint density at radius 1 is 1.40 bits per heavy atom. The molecule has 1 saturated carbocycles. The number of carbonyl (C=O) groups excluding carboxylic acids is 1. The van der Waals surface area contributed by atoms with Crippen LogP contribution < -0.4 is 11.1 Å². The van der Waals surface area contributed by atoms with E-state index in [9.17, 15) is 4.79 Å². The highest BCUT2D eigenvalue weighted by atomic mass is 16.6. The number of carbonyl (C=O) groups is 1. The topological polar surface area (TPSA) is 64.3 Å². The van der Waals surface area contributed by atoms with E-state index < -0.39 is 11.6 Å². The highest BCUT2D eigenvalue weighted by molar-refractivity contribution is 5.77. The molecule has 0 aromatic rings. The fourth-order valence-electron chi connectivity index (χ4n) is 2.53. The molecule has 4 nitrogen and oxygen atoms in total. The summed E-state index contributed by atoms with van der Waals surface area (Å²) in [5, 5.41) is 3.29. The first-order chi connectivity index (χ1) is 6.90. The number of fused-ring (bicyclic) bond motifs is 1. The van der Waals surface area contributed by atoms with E-state index in [4.69, 9.17) is 10.5 Å². The molecule has 0 radical (unpaired) electrons. The smallest absolute Gasteiger partial charge is 0.323 e. The molecule has 2 fully saturated rings. The SMILES string of the molecule is CC(C)(C)OC(=O)C(N)C1[C@H]2CNC[C@@H]12. The van der Waals surface area contributed by atoms with Gasteiger partial charge in [-0.2, -0.15) is 0 Å². The monoisotopic (exact) mass is 212 g/mol. The average molecular weight is 212 g/mol. The molecule has 1 heterocycles. The van der Waals surface area contributed by atoms with Crippen LogP contribution in [-0.2, 0) is 9.53 Å². The van der Waals surface area contributed by atoms with E-state index in [0.717, 1.165) is 13.1 Å². The van der Waals surface area contributed by atoms with Gasteiger partial charge in [0.2, 0.25) is 0 Å². The van der Waals surface area contributed by atoms with Crippen LogP contribution in [0.5, 0.6) is 0 Å². The van der Waals surface area contributed by atoms with Gasteiger partial charge in [-0.25, -0.2) is 0 Å². The molecule has 2 rings (SSSR count). The van der Waals surface area contributed by atoms with Crippen molar-refractivity contribution in [3.8, 4) is 0 Å². The molecule has 0 aromatic heterocycles. The molecule has 0 aromatic carbocycles. The van der Waals surface area contributed by atoms with Gasteiger partial charge < -0.3 is 15.8 Å². The van der Waals surface area contributed by atoms with Gasteiger partial charge in [0.15, 0.2) is 0 Å². The Bertz CT molecular complexity index is 262. The number of piperidine rings is 1. The van der Waals surface area contributed by atoms with Crippen LogP contribution >= 0.6 is 0 Å². The minimum atomic E-state index is -0.434. The highest BCUT2D eigenvalue weighted by Gasteiger charge is 2.57. The molecule has 0 spiro atoms. The van der Waals surface area contributed by atoms with Crippen LogP contribution in [0, 0.1) is 17.8 Å². The second kappa shape index (κ2) is 3.46. The van der Waals surface area contributed by atoms with E-state index in [1.165, 1.54) is 0 Å². The van der Waals surface area contributed by atoms with Crippen molar-refractivity contribution < 1.29 is 9.53 Å². The van der Waals surface area contributed by atoms with Gasteiger partial charge in [0.1, 0.15) is 11.6 Å². The third-order valence-corrected chi connectivity index (χ3v) is 3.25. The summed E-state index contributed by atoms with van der Waals surface area (Å²) in [5.41, 5.74) is 5.48. The highest BCUT2D eigenvalue weighted by Crippen LogP contribution is 2.50. The molecular formula is C11H20N2O2. The summed E-state index contributed by atoms with van der Waals surface area (Å²) in [6, 6.07) is -0.429. The summed E-state index contributed by atoms with van der Waals surface area (Å²) >= 11 is 0. The maximum atomic E-state index is 11.7. The van der Waals surface area contributed by atoms with Crippen molar-refractivity contribution in [2.75, 3.05) is 13.1 Å².